The molecule has 0 saturated carbocycles. The molecule has 0 heterocycles. The molecule has 0 unspecified atom stereocenters. The predicted octanol–water partition coefficient (Wildman–Crippen LogP) is 4.63. The van der Waals surface area contributed by atoms with Crippen molar-refractivity contribution in [3.63, 3.8) is 0 Å². The van der Waals surface area contributed by atoms with Gasteiger partial charge in [0.1, 0.15) is 0 Å². The van der Waals surface area contributed by atoms with E-state index in [1.165, 1.54) is 13.8 Å². The van der Waals surface area contributed by atoms with Crippen molar-refractivity contribution in [2.24, 2.45) is 0 Å². The highest BCUT2D eigenvalue weighted by molar-refractivity contribution is 7.58. The van der Waals surface area contributed by atoms with E-state index in [0.717, 1.165) is 6.92 Å². The number of halogens is 6. The minimum atomic E-state index is -5.83. The Morgan fingerprint density at radius 3 is 1.67 bits per heavy atom. The molecule has 0 aromatic carbocycles. The molecule has 0 aromatic rings. The summed E-state index contributed by atoms with van der Waals surface area (Å²) in [5.74, 6) is 0. The fraction of sp³-hybridized carbons (Fsp3) is 0.800. The fourth-order valence-electron chi connectivity index (χ4n) is 1.28. The molecule has 0 aliphatic heterocycles. The topological polar surface area (TPSA) is 44.8 Å². The van der Waals surface area contributed by atoms with Crippen LogP contribution in [0.15, 0.2) is 11.1 Å². The Bertz CT molecular complexity index is 410. The molecule has 126 valence electrons. The van der Waals surface area contributed by atoms with Crippen molar-refractivity contribution in [3.8, 4) is 0 Å². The van der Waals surface area contributed by atoms with E-state index in [9.17, 15) is 30.9 Å². The summed E-state index contributed by atoms with van der Waals surface area (Å²) in [7, 11) is -5.15. The minimum absolute atomic E-state index is 0.504. The van der Waals surface area contributed by atoms with Crippen molar-refractivity contribution in [3.05, 3.63) is 11.1 Å². The van der Waals surface area contributed by atoms with Gasteiger partial charge in [-0.05, 0) is 20.8 Å². The maximum absolute atomic E-state index is 13.9. The average molecular weight is 344 g/mol. The van der Waals surface area contributed by atoms with Crippen LogP contribution in [0.1, 0.15) is 20.8 Å². The zero-order chi connectivity index (χ0) is 16.9. The Balaban J connectivity index is 6.14. The summed E-state index contributed by atoms with van der Waals surface area (Å²) in [4.78, 5) is 0. The Kier molecular flexibility index (Phi) is 7.41. The molecule has 0 spiro atoms. The highest BCUT2D eigenvalue weighted by Crippen LogP contribution is 2.61. The van der Waals surface area contributed by atoms with Crippen LogP contribution in [-0.4, -0.2) is 32.1 Å². The lowest BCUT2D eigenvalue weighted by atomic mass is 10.2. The summed E-state index contributed by atoms with van der Waals surface area (Å²) >= 11 is 0. The van der Waals surface area contributed by atoms with E-state index < -0.39 is 50.8 Å². The zero-order valence-electron chi connectivity index (χ0n) is 11.5. The van der Waals surface area contributed by atoms with Gasteiger partial charge in [0.05, 0.1) is 19.8 Å². The standard InChI is InChI=1S/C10H15F6O4P/c1-4-18-10(15,16)7(9(12,13)14)8(11)21(17,19-5-2)20-6-3/h4-6H2,1-3H3/b8-7-. The number of hydrogen-bond acceptors (Lipinski definition) is 4. The number of hydrogen-bond donors (Lipinski definition) is 0. The lowest BCUT2D eigenvalue weighted by Gasteiger charge is -2.24. The van der Waals surface area contributed by atoms with Gasteiger partial charge in [0, 0.05) is 0 Å². The normalized spacial score (nSPS) is 15.1. The van der Waals surface area contributed by atoms with Gasteiger partial charge in [-0.15, -0.1) is 0 Å². The second-order valence-electron chi connectivity index (χ2n) is 3.45. The molecule has 0 bridgehead atoms. The maximum Gasteiger partial charge on any atom is 0.424 e. The van der Waals surface area contributed by atoms with Crippen molar-refractivity contribution in [1.29, 1.82) is 0 Å². The Labute approximate surface area is 117 Å². The van der Waals surface area contributed by atoms with Crippen LogP contribution in [0.3, 0.4) is 0 Å². The SMILES string of the molecule is CCOC(F)(F)/C(=C(/F)P(=O)(OCC)OCC)C(F)(F)F. The van der Waals surface area contributed by atoms with Gasteiger partial charge < -0.3 is 13.8 Å². The third-order valence-corrected chi connectivity index (χ3v) is 3.85. The van der Waals surface area contributed by atoms with E-state index in [2.05, 4.69) is 13.8 Å². The second-order valence-corrected chi connectivity index (χ2v) is 5.35. The third-order valence-electron chi connectivity index (χ3n) is 1.94. The predicted molar refractivity (Wildman–Crippen MR) is 61.6 cm³/mol. The maximum atomic E-state index is 13.9. The Morgan fingerprint density at radius 2 is 1.38 bits per heavy atom. The van der Waals surface area contributed by atoms with Crippen molar-refractivity contribution in [1.82, 2.24) is 0 Å². The van der Waals surface area contributed by atoms with E-state index in [1.807, 2.05) is 0 Å². The van der Waals surface area contributed by atoms with Crippen LogP contribution in [0.5, 0.6) is 0 Å². The first-order valence-electron chi connectivity index (χ1n) is 5.85. The molecule has 21 heavy (non-hydrogen) atoms. The molecule has 0 N–H and O–H groups in total. The number of rotatable bonds is 8. The Hall–Kier alpha value is -0.570. The van der Waals surface area contributed by atoms with Crippen LogP contribution in [0.4, 0.5) is 26.3 Å². The summed E-state index contributed by atoms with van der Waals surface area (Å²) < 4.78 is 103. The van der Waals surface area contributed by atoms with Gasteiger partial charge >= 0.3 is 19.9 Å². The molecular formula is C10H15F6O4P. The van der Waals surface area contributed by atoms with Crippen LogP contribution in [-0.2, 0) is 18.3 Å². The minimum Gasteiger partial charge on any atom is -0.317 e. The lowest BCUT2D eigenvalue weighted by molar-refractivity contribution is -0.242. The van der Waals surface area contributed by atoms with Gasteiger partial charge in [0.15, 0.2) is 5.57 Å². The van der Waals surface area contributed by atoms with E-state index in [0.29, 0.717) is 0 Å². The molecule has 0 rings (SSSR count). The molecule has 0 fully saturated rings. The summed E-state index contributed by atoms with van der Waals surface area (Å²) in [6.07, 6.45) is -10.9. The van der Waals surface area contributed by atoms with Crippen LogP contribution in [0, 0.1) is 0 Å². The molecule has 0 atom stereocenters. The molecular weight excluding hydrogens is 329 g/mol. The van der Waals surface area contributed by atoms with Gasteiger partial charge in [0.2, 0.25) is 5.57 Å². The van der Waals surface area contributed by atoms with Gasteiger partial charge in [0.25, 0.3) is 0 Å². The first kappa shape index (κ1) is 20.4. The molecule has 4 nitrogen and oxygen atoms in total. The molecule has 0 aliphatic carbocycles. The smallest absolute Gasteiger partial charge is 0.317 e. The van der Waals surface area contributed by atoms with Gasteiger partial charge in [-0.2, -0.15) is 26.3 Å². The van der Waals surface area contributed by atoms with E-state index in [-0.39, 0.29) is 0 Å². The summed E-state index contributed by atoms with van der Waals surface area (Å²) in [6, 6.07) is 0. The summed E-state index contributed by atoms with van der Waals surface area (Å²) in [6.45, 7) is 1.53. The van der Waals surface area contributed by atoms with Crippen LogP contribution < -0.4 is 0 Å². The van der Waals surface area contributed by atoms with Crippen molar-refractivity contribution in [2.75, 3.05) is 19.8 Å². The lowest BCUT2D eigenvalue weighted by Crippen LogP contribution is -2.34. The van der Waals surface area contributed by atoms with Gasteiger partial charge in [-0.25, -0.2) is 0 Å². The molecule has 0 radical (unpaired) electrons. The molecule has 0 saturated heterocycles. The number of ether oxygens (including phenoxy) is 1. The van der Waals surface area contributed by atoms with Gasteiger partial charge in [-0.3, -0.25) is 4.57 Å². The zero-order valence-corrected chi connectivity index (χ0v) is 12.4. The quantitative estimate of drug-likeness (QED) is 0.476. The monoisotopic (exact) mass is 344 g/mol. The third kappa shape index (κ3) is 5.28. The van der Waals surface area contributed by atoms with Crippen molar-refractivity contribution in [2.45, 2.75) is 33.1 Å². The first-order chi connectivity index (χ1) is 9.46. The van der Waals surface area contributed by atoms with E-state index in [4.69, 9.17) is 0 Å². The second kappa shape index (κ2) is 7.62. The van der Waals surface area contributed by atoms with Crippen LogP contribution in [0.25, 0.3) is 0 Å². The summed E-state index contributed by atoms with van der Waals surface area (Å²) in [5.41, 5.74) is -5.74. The van der Waals surface area contributed by atoms with Crippen molar-refractivity contribution >= 4 is 7.60 Å². The molecule has 11 heteroatoms. The molecule has 0 aromatic heterocycles. The largest absolute Gasteiger partial charge is 0.424 e. The Morgan fingerprint density at radius 1 is 0.952 bits per heavy atom. The van der Waals surface area contributed by atoms with Gasteiger partial charge in [-0.1, -0.05) is 0 Å². The average Bonchev–Trinajstić information content (AvgIpc) is 2.26. The van der Waals surface area contributed by atoms with Crippen molar-refractivity contribution < 1.29 is 44.7 Å². The van der Waals surface area contributed by atoms with E-state index in [1.54, 1.807) is 0 Å². The molecule has 0 aliphatic rings. The highest BCUT2D eigenvalue weighted by Gasteiger charge is 2.57. The van der Waals surface area contributed by atoms with Crippen LogP contribution in [0.2, 0.25) is 0 Å². The summed E-state index contributed by atoms with van der Waals surface area (Å²) in [5, 5.41) is 0. The fourth-order valence-corrected chi connectivity index (χ4v) is 2.79. The number of alkyl halides is 5. The molecule has 0 amide bonds. The van der Waals surface area contributed by atoms with Crippen LogP contribution >= 0.6 is 7.60 Å². The first-order valence-corrected chi connectivity index (χ1v) is 7.39. The van der Waals surface area contributed by atoms with E-state index >= 15 is 0 Å². The highest BCUT2D eigenvalue weighted by atomic mass is 31.2.